The van der Waals surface area contributed by atoms with Crippen LogP contribution < -0.4 is 5.32 Å². The number of carbonyl (C=O) groups is 1. The minimum absolute atomic E-state index is 0.195. The van der Waals surface area contributed by atoms with Crippen molar-refractivity contribution in [3.63, 3.8) is 0 Å². The van der Waals surface area contributed by atoms with Crippen molar-refractivity contribution in [1.29, 1.82) is 0 Å². The Labute approximate surface area is 467 Å². The average molecular weight is 1120 g/mol. The number of ether oxygens (including phenoxy) is 6. The van der Waals surface area contributed by atoms with Gasteiger partial charge in [-0.2, -0.15) is 0 Å². The van der Waals surface area contributed by atoms with Crippen molar-refractivity contribution in [3.8, 4) is 0 Å². The molecule has 19 nitrogen and oxygen atoms in total. The predicted molar refractivity (Wildman–Crippen MR) is 296 cm³/mol. The van der Waals surface area contributed by atoms with Gasteiger partial charge in [0.05, 0.1) is 38.6 Å². The number of hydrogen-bond donors (Lipinski definition) is 12. The normalized spacial score (nSPS) is 30.5. The highest BCUT2D eigenvalue weighted by Crippen LogP contribution is 2.33. The highest BCUT2D eigenvalue weighted by atomic mass is 16.8. The van der Waals surface area contributed by atoms with Gasteiger partial charge in [0.1, 0.15) is 73.2 Å². The second-order valence-corrected chi connectivity index (χ2v) is 22.5. The van der Waals surface area contributed by atoms with Crippen molar-refractivity contribution in [2.45, 2.75) is 330 Å². The SMILES string of the molecule is CCCCCCCCCCCCCCCCCCCCCCCCCCCCCCCC/C=C/C(O)C(COC1OC(CO)C(OC2OC(CO)C(OC3OC(CO)C(O)C(O)C3O)C(O)C2O)C(O)C1O)NC(=O)CCC. The first kappa shape index (κ1) is 70.8. The van der Waals surface area contributed by atoms with E-state index in [1.165, 1.54) is 173 Å². The number of aliphatic hydroxyl groups is 11. The van der Waals surface area contributed by atoms with Crippen molar-refractivity contribution in [2.75, 3.05) is 26.4 Å². The van der Waals surface area contributed by atoms with Crippen LogP contribution in [0.1, 0.15) is 226 Å². The lowest BCUT2D eigenvalue weighted by Crippen LogP contribution is -2.66. The van der Waals surface area contributed by atoms with E-state index in [1.807, 2.05) is 13.0 Å². The molecule has 3 heterocycles. The predicted octanol–water partition coefficient (Wildman–Crippen LogP) is 5.77. The molecule has 3 aliphatic heterocycles. The van der Waals surface area contributed by atoms with Gasteiger partial charge in [0.2, 0.25) is 5.91 Å². The van der Waals surface area contributed by atoms with E-state index in [2.05, 4.69) is 12.2 Å². The number of aliphatic hydroxyl groups excluding tert-OH is 11. The molecule has 0 bridgehead atoms. The summed E-state index contributed by atoms with van der Waals surface area (Å²) in [5.74, 6) is -0.327. The standard InChI is InChI=1S/C59H111NO18/c1-3-5-6-7-8-9-10-11-12-13-14-15-16-17-18-19-20-21-22-23-24-25-26-27-28-29-30-31-32-33-34-35-37-43(64)42(60-47(65)36-4-2)41-73-57-53(71)50(68)55(45(39-62)75-57)78-59-54(72)51(69)56(46(40-63)76-59)77-58-52(70)49(67)48(66)44(38-61)74-58/h35,37,42-46,48-59,61-64,66-72H,3-34,36,38-41H2,1-2H3,(H,60,65)/b37-35+. The molecule has 19 heteroatoms. The number of hydrogen-bond acceptors (Lipinski definition) is 18. The van der Waals surface area contributed by atoms with Gasteiger partial charge < -0.3 is 89.9 Å². The lowest BCUT2D eigenvalue weighted by molar-refractivity contribution is -0.379. The summed E-state index contributed by atoms with van der Waals surface area (Å²) in [4.78, 5) is 12.7. The molecule has 0 saturated carbocycles. The molecule has 3 saturated heterocycles. The maximum atomic E-state index is 12.7. The molecule has 460 valence electrons. The number of nitrogens with one attached hydrogen (secondary N) is 1. The Kier molecular flexibility index (Phi) is 39.2. The summed E-state index contributed by atoms with van der Waals surface area (Å²) in [6.07, 6.45) is 18.8. The first-order valence-corrected chi connectivity index (χ1v) is 30.9. The van der Waals surface area contributed by atoms with E-state index in [-0.39, 0.29) is 18.9 Å². The van der Waals surface area contributed by atoms with Gasteiger partial charge in [-0.25, -0.2) is 0 Å². The van der Waals surface area contributed by atoms with Crippen LogP contribution in [0.25, 0.3) is 0 Å². The van der Waals surface area contributed by atoms with Crippen molar-refractivity contribution >= 4 is 5.91 Å². The first-order valence-electron chi connectivity index (χ1n) is 30.9. The molecule has 0 aromatic heterocycles. The maximum absolute atomic E-state index is 12.7. The van der Waals surface area contributed by atoms with E-state index in [0.717, 1.165) is 25.7 Å². The molecule has 12 N–H and O–H groups in total. The smallest absolute Gasteiger partial charge is 0.220 e. The van der Waals surface area contributed by atoms with Crippen molar-refractivity contribution < 1.29 is 89.4 Å². The quantitative estimate of drug-likeness (QED) is 0.0254. The summed E-state index contributed by atoms with van der Waals surface area (Å²) in [5, 5.41) is 119. The summed E-state index contributed by atoms with van der Waals surface area (Å²) in [6, 6.07) is -0.964. The van der Waals surface area contributed by atoms with Gasteiger partial charge in [-0.3, -0.25) is 4.79 Å². The average Bonchev–Trinajstić information content (AvgIpc) is 3.46. The number of carbonyl (C=O) groups excluding carboxylic acids is 1. The van der Waals surface area contributed by atoms with E-state index in [9.17, 15) is 61.0 Å². The van der Waals surface area contributed by atoms with Crippen molar-refractivity contribution in [3.05, 3.63) is 12.2 Å². The summed E-state index contributed by atoms with van der Waals surface area (Å²) in [5.41, 5.74) is 0. The lowest BCUT2D eigenvalue weighted by atomic mass is 9.96. The van der Waals surface area contributed by atoms with Crippen LogP contribution in [-0.4, -0.2) is 193 Å². The maximum Gasteiger partial charge on any atom is 0.220 e. The second-order valence-electron chi connectivity index (χ2n) is 22.5. The molecule has 3 aliphatic rings. The summed E-state index contributed by atoms with van der Waals surface area (Å²) >= 11 is 0. The Balaban J connectivity index is 1.26. The molecule has 3 fully saturated rings. The number of unbranched alkanes of at least 4 members (excludes halogenated alkanes) is 30. The van der Waals surface area contributed by atoms with Crippen molar-refractivity contribution in [1.82, 2.24) is 5.32 Å². The molecular weight excluding hydrogens is 1010 g/mol. The zero-order valence-electron chi connectivity index (χ0n) is 47.9. The van der Waals surface area contributed by atoms with Crippen LogP contribution in [-0.2, 0) is 33.2 Å². The fourth-order valence-corrected chi connectivity index (χ4v) is 10.8. The summed E-state index contributed by atoms with van der Waals surface area (Å²) in [6.45, 7) is 1.35. The minimum atomic E-state index is -1.97. The summed E-state index contributed by atoms with van der Waals surface area (Å²) < 4.78 is 33.9. The molecular formula is C59H111NO18. The molecule has 0 aliphatic carbocycles. The van der Waals surface area contributed by atoms with E-state index in [0.29, 0.717) is 6.42 Å². The monoisotopic (exact) mass is 1120 g/mol. The van der Waals surface area contributed by atoms with Gasteiger partial charge in [-0.05, 0) is 19.3 Å². The second kappa shape index (κ2) is 43.2. The Bertz CT molecular complexity index is 1480. The Hall–Kier alpha value is -1.47. The van der Waals surface area contributed by atoms with E-state index >= 15 is 0 Å². The van der Waals surface area contributed by atoms with Crippen LogP contribution in [0, 0.1) is 0 Å². The van der Waals surface area contributed by atoms with Crippen LogP contribution in [0.3, 0.4) is 0 Å². The largest absolute Gasteiger partial charge is 0.394 e. The van der Waals surface area contributed by atoms with Gasteiger partial charge in [0.25, 0.3) is 0 Å². The van der Waals surface area contributed by atoms with Crippen LogP contribution in [0.2, 0.25) is 0 Å². The fraction of sp³-hybridized carbons (Fsp3) is 0.949. The Morgan fingerprint density at radius 2 is 0.795 bits per heavy atom. The number of allylic oxidation sites excluding steroid dienone is 1. The van der Waals surface area contributed by atoms with Crippen LogP contribution >= 0.6 is 0 Å². The van der Waals surface area contributed by atoms with Gasteiger partial charge in [-0.1, -0.05) is 212 Å². The highest BCUT2D eigenvalue weighted by Gasteiger charge is 2.53. The molecule has 17 unspecified atom stereocenters. The summed E-state index contributed by atoms with van der Waals surface area (Å²) in [7, 11) is 0. The minimum Gasteiger partial charge on any atom is -0.394 e. The molecule has 1 amide bonds. The van der Waals surface area contributed by atoms with Gasteiger partial charge in [-0.15, -0.1) is 0 Å². The van der Waals surface area contributed by atoms with Gasteiger partial charge in [0, 0.05) is 6.42 Å². The van der Waals surface area contributed by atoms with Crippen molar-refractivity contribution in [2.24, 2.45) is 0 Å². The van der Waals surface area contributed by atoms with Gasteiger partial charge >= 0.3 is 0 Å². The number of amides is 1. The van der Waals surface area contributed by atoms with Crippen LogP contribution in [0.4, 0.5) is 0 Å². The third-order valence-corrected chi connectivity index (χ3v) is 15.8. The van der Waals surface area contributed by atoms with E-state index in [4.69, 9.17) is 28.4 Å². The van der Waals surface area contributed by atoms with Crippen LogP contribution in [0.5, 0.6) is 0 Å². The fourth-order valence-electron chi connectivity index (χ4n) is 10.8. The lowest BCUT2D eigenvalue weighted by Gasteiger charge is -2.48. The molecule has 0 spiro atoms. The Morgan fingerprint density at radius 1 is 0.449 bits per heavy atom. The third-order valence-electron chi connectivity index (χ3n) is 15.8. The van der Waals surface area contributed by atoms with E-state index < -0.39 is 124 Å². The van der Waals surface area contributed by atoms with Crippen LogP contribution in [0.15, 0.2) is 12.2 Å². The van der Waals surface area contributed by atoms with Gasteiger partial charge in [0.15, 0.2) is 18.9 Å². The molecule has 0 aromatic rings. The zero-order valence-corrected chi connectivity index (χ0v) is 47.9. The molecule has 0 aromatic carbocycles. The highest BCUT2D eigenvalue weighted by molar-refractivity contribution is 5.76. The Morgan fingerprint density at radius 3 is 1.18 bits per heavy atom. The molecule has 78 heavy (non-hydrogen) atoms. The third kappa shape index (κ3) is 26.8. The molecule has 3 rings (SSSR count). The zero-order chi connectivity index (χ0) is 56.9. The number of rotatable bonds is 46. The molecule has 0 radical (unpaired) electrons. The van der Waals surface area contributed by atoms with E-state index in [1.54, 1.807) is 6.08 Å². The first-order chi connectivity index (χ1) is 37.8. The molecule has 17 atom stereocenters. The topological polar surface area (TPSA) is 307 Å².